The van der Waals surface area contributed by atoms with Crippen molar-refractivity contribution in [3.8, 4) is 5.75 Å². The molecule has 1 heterocycles. The van der Waals surface area contributed by atoms with Gasteiger partial charge in [-0.2, -0.15) is 0 Å². The van der Waals surface area contributed by atoms with Crippen LogP contribution in [0.4, 0.5) is 5.82 Å². The third-order valence-corrected chi connectivity index (χ3v) is 3.27. The maximum absolute atomic E-state index is 11.5. The summed E-state index contributed by atoms with van der Waals surface area (Å²) in [4.78, 5) is 17.8. The van der Waals surface area contributed by atoms with Gasteiger partial charge in [-0.05, 0) is 30.5 Å². The van der Waals surface area contributed by atoms with E-state index in [0.29, 0.717) is 19.6 Å². The number of pyridine rings is 1. The summed E-state index contributed by atoms with van der Waals surface area (Å²) < 4.78 is 10.2. The van der Waals surface area contributed by atoms with Crippen LogP contribution >= 0.6 is 0 Å². The first kappa shape index (κ1) is 15.1. The molecule has 0 radical (unpaired) electrons. The van der Waals surface area contributed by atoms with Crippen LogP contribution in [-0.2, 0) is 9.53 Å². The number of hydrogen-bond donors (Lipinski definition) is 0. The van der Waals surface area contributed by atoms with E-state index in [1.807, 2.05) is 36.2 Å². The van der Waals surface area contributed by atoms with Crippen LogP contribution in [-0.4, -0.2) is 38.3 Å². The summed E-state index contributed by atoms with van der Waals surface area (Å²) in [6.45, 7) is 2.77. The fourth-order valence-corrected chi connectivity index (χ4v) is 2.16. The summed E-state index contributed by atoms with van der Waals surface area (Å²) in [6, 6.07) is 7.83. The molecule has 0 bridgehead atoms. The van der Waals surface area contributed by atoms with Crippen LogP contribution in [0, 0.1) is 0 Å². The SMILES string of the molecule is CCOC(=O)CCN(C)c1nccc2ccc(OC)cc12. The Morgan fingerprint density at radius 2 is 2.14 bits per heavy atom. The Balaban J connectivity index is 2.22. The standard InChI is InChI=1S/C16H20N2O3/c1-4-21-15(19)8-10-18(2)16-14-11-13(20-3)6-5-12(14)7-9-17-16/h5-7,9,11H,4,8,10H2,1-3H3. The molecule has 0 amide bonds. The van der Waals surface area contributed by atoms with Gasteiger partial charge in [-0.1, -0.05) is 6.07 Å². The fourth-order valence-electron chi connectivity index (χ4n) is 2.16. The molecule has 1 aromatic heterocycles. The topological polar surface area (TPSA) is 51.7 Å². The first-order valence-corrected chi connectivity index (χ1v) is 6.95. The van der Waals surface area contributed by atoms with Gasteiger partial charge in [0.1, 0.15) is 11.6 Å². The fraction of sp³-hybridized carbons (Fsp3) is 0.375. The molecule has 0 N–H and O–H groups in total. The summed E-state index contributed by atoms with van der Waals surface area (Å²) in [5, 5.41) is 2.09. The Morgan fingerprint density at radius 1 is 1.33 bits per heavy atom. The monoisotopic (exact) mass is 288 g/mol. The molecule has 0 spiro atoms. The van der Waals surface area contributed by atoms with Crippen molar-refractivity contribution in [1.82, 2.24) is 4.98 Å². The largest absolute Gasteiger partial charge is 0.497 e. The molecule has 0 aliphatic rings. The molecule has 0 aliphatic carbocycles. The van der Waals surface area contributed by atoms with Crippen LogP contribution in [0.2, 0.25) is 0 Å². The van der Waals surface area contributed by atoms with Gasteiger partial charge < -0.3 is 14.4 Å². The van der Waals surface area contributed by atoms with Gasteiger partial charge in [0, 0.05) is 25.2 Å². The molecular formula is C16H20N2O3. The number of fused-ring (bicyclic) bond motifs is 1. The maximum Gasteiger partial charge on any atom is 0.307 e. The first-order valence-electron chi connectivity index (χ1n) is 6.95. The Hall–Kier alpha value is -2.30. The second kappa shape index (κ2) is 6.92. The quantitative estimate of drug-likeness (QED) is 0.765. The highest BCUT2D eigenvalue weighted by Crippen LogP contribution is 2.27. The van der Waals surface area contributed by atoms with Gasteiger partial charge in [0.2, 0.25) is 0 Å². The maximum atomic E-state index is 11.5. The summed E-state index contributed by atoms with van der Waals surface area (Å²) in [5.41, 5.74) is 0. The summed E-state index contributed by atoms with van der Waals surface area (Å²) in [7, 11) is 3.56. The van der Waals surface area contributed by atoms with Gasteiger partial charge in [0.05, 0.1) is 20.1 Å². The Morgan fingerprint density at radius 3 is 2.86 bits per heavy atom. The van der Waals surface area contributed by atoms with Gasteiger partial charge in [0.15, 0.2) is 0 Å². The molecule has 5 nitrogen and oxygen atoms in total. The molecule has 0 aliphatic heterocycles. The minimum absolute atomic E-state index is 0.192. The Bertz CT molecular complexity index is 628. The van der Waals surface area contributed by atoms with E-state index in [2.05, 4.69) is 4.98 Å². The predicted octanol–water partition coefficient (Wildman–Crippen LogP) is 2.63. The molecule has 0 atom stereocenters. The lowest BCUT2D eigenvalue weighted by Crippen LogP contribution is -2.23. The number of carbonyl (C=O) groups excluding carboxylic acids is 1. The van der Waals surface area contributed by atoms with Crippen molar-refractivity contribution in [3.63, 3.8) is 0 Å². The van der Waals surface area contributed by atoms with E-state index >= 15 is 0 Å². The zero-order valence-corrected chi connectivity index (χ0v) is 12.6. The number of methoxy groups -OCH3 is 1. The molecule has 1 aromatic carbocycles. The van der Waals surface area contributed by atoms with Crippen molar-refractivity contribution in [2.24, 2.45) is 0 Å². The zero-order valence-electron chi connectivity index (χ0n) is 12.6. The number of rotatable bonds is 6. The zero-order chi connectivity index (χ0) is 15.2. The molecule has 0 saturated heterocycles. The van der Waals surface area contributed by atoms with Gasteiger partial charge in [-0.15, -0.1) is 0 Å². The van der Waals surface area contributed by atoms with Crippen LogP contribution in [0.1, 0.15) is 13.3 Å². The van der Waals surface area contributed by atoms with Crippen molar-refractivity contribution in [1.29, 1.82) is 0 Å². The van der Waals surface area contributed by atoms with E-state index in [9.17, 15) is 4.79 Å². The Labute approximate surface area is 124 Å². The van der Waals surface area contributed by atoms with E-state index < -0.39 is 0 Å². The third kappa shape index (κ3) is 3.62. The van der Waals surface area contributed by atoms with E-state index in [1.165, 1.54) is 0 Å². The second-order valence-corrected chi connectivity index (χ2v) is 4.70. The average molecular weight is 288 g/mol. The molecular weight excluding hydrogens is 268 g/mol. The van der Waals surface area contributed by atoms with Crippen molar-refractivity contribution in [3.05, 3.63) is 30.5 Å². The van der Waals surface area contributed by atoms with Gasteiger partial charge in [0.25, 0.3) is 0 Å². The lowest BCUT2D eigenvalue weighted by Gasteiger charge is -2.19. The van der Waals surface area contributed by atoms with Crippen LogP contribution in [0.15, 0.2) is 30.5 Å². The smallest absolute Gasteiger partial charge is 0.307 e. The lowest BCUT2D eigenvalue weighted by atomic mass is 10.1. The van der Waals surface area contributed by atoms with Crippen molar-refractivity contribution >= 4 is 22.6 Å². The molecule has 2 aromatic rings. The highest BCUT2D eigenvalue weighted by Gasteiger charge is 2.11. The van der Waals surface area contributed by atoms with Gasteiger partial charge in [-0.3, -0.25) is 4.79 Å². The summed E-state index contributed by atoms with van der Waals surface area (Å²) in [5.74, 6) is 1.42. The van der Waals surface area contributed by atoms with E-state index in [1.54, 1.807) is 20.2 Å². The average Bonchev–Trinajstić information content (AvgIpc) is 2.51. The third-order valence-electron chi connectivity index (χ3n) is 3.27. The molecule has 0 saturated carbocycles. The molecule has 5 heteroatoms. The minimum Gasteiger partial charge on any atom is -0.497 e. The van der Waals surface area contributed by atoms with Crippen molar-refractivity contribution < 1.29 is 14.3 Å². The Kier molecular flexibility index (Phi) is 4.98. The van der Waals surface area contributed by atoms with Gasteiger partial charge >= 0.3 is 5.97 Å². The number of hydrogen-bond acceptors (Lipinski definition) is 5. The van der Waals surface area contributed by atoms with E-state index in [4.69, 9.17) is 9.47 Å². The number of nitrogens with zero attached hydrogens (tertiary/aromatic N) is 2. The van der Waals surface area contributed by atoms with E-state index in [0.717, 1.165) is 22.3 Å². The normalized spacial score (nSPS) is 10.4. The molecule has 2 rings (SSSR count). The molecule has 112 valence electrons. The van der Waals surface area contributed by atoms with Crippen molar-refractivity contribution in [2.75, 3.05) is 32.2 Å². The molecule has 0 unspecified atom stereocenters. The van der Waals surface area contributed by atoms with Crippen LogP contribution in [0.25, 0.3) is 10.8 Å². The molecule has 21 heavy (non-hydrogen) atoms. The van der Waals surface area contributed by atoms with E-state index in [-0.39, 0.29) is 5.97 Å². The minimum atomic E-state index is -0.192. The van der Waals surface area contributed by atoms with Crippen LogP contribution < -0.4 is 9.64 Å². The molecule has 0 fully saturated rings. The highest BCUT2D eigenvalue weighted by molar-refractivity contribution is 5.93. The highest BCUT2D eigenvalue weighted by atomic mass is 16.5. The lowest BCUT2D eigenvalue weighted by molar-refractivity contribution is -0.142. The number of esters is 1. The first-order chi connectivity index (χ1) is 10.2. The number of anilines is 1. The number of benzene rings is 1. The number of aromatic nitrogens is 1. The van der Waals surface area contributed by atoms with Crippen molar-refractivity contribution in [2.45, 2.75) is 13.3 Å². The predicted molar refractivity (Wildman–Crippen MR) is 82.8 cm³/mol. The van der Waals surface area contributed by atoms with Crippen LogP contribution in [0.3, 0.4) is 0 Å². The summed E-state index contributed by atoms with van der Waals surface area (Å²) in [6.07, 6.45) is 2.11. The number of carbonyl (C=O) groups is 1. The summed E-state index contributed by atoms with van der Waals surface area (Å²) >= 11 is 0. The van der Waals surface area contributed by atoms with Crippen LogP contribution in [0.5, 0.6) is 5.75 Å². The van der Waals surface area contributed by atoms with Gasteiger partial charge in [-0.25, -0.2) is 4.98 Å². The number of ether oxygens (including phenoxy) is 2. The second-order valence-electron chi connectivity index (χ2n) is 4.70.